The molecule has 0 atom stereocenters. The van der Waals surface area contributed by atoms with Crippen LogP contribution in [0, 0.1) is 0 Å². The predicted octanol–water partition coefficient (Wildman–Crippen LogP) is 3.65. The van der Waals surface area contributed by atoms with Gasteiger partial charge in [0.25, 0.3) is 6.43 Å². The van der Waals surface area contributed by atoms with Crippen LogP contribution in [-0.2, 0) is 6.54 Å². The molecule has 8 heteroatoms. The van der Waals surface area contributed by atoms with Crippen LogP contribution in [0.25, 0.3) is 22.5 Å². The van der Waals surface area contributed by atoms with Gasteiger partial charge in [-0.25, -0.2) is 18.4 Å². The Hall–Kier alpha value is -3.29. The number of hydrogen-bond donors (Lipinski definition) is 1. The molecule has 0 radical (unpaired) electrons. The minimum Gasteiger partial charge on any atom is -0.463 e. The molecule has 0 unspecified atom stereocenters. The molecule has 4 rings (SSSR count). The minimum atomic E-state index is -2.48. The average molecular weight is 341 g/mol. The Balaban J connectivity index is 1.73. The number of alkyl halides is 2. The van der Waals surface area contributed by atoms with Crippen molar-refractivity contribution >= 4 is 17.0 Å². The summed E-state index contributed by atoms with van der Waals surface area (Å²) in [5.41, 5.74) is 7.74. The van der Waals surface area contributed by atoms with Gasteiger partial charge in [-0.1, -0.05) is 24.3 Å². The number of nitrogens with two attached hydrogens (primary N) is 1. The highest BCUT2D eigenvalue weighted by Crippen LogP contribution is 2.27. The van der Waals surface area contributed by atoms with E-state index >= 15 is 0 Å². The molecule has 6 nitrogen and oxygen atoms in total. The first kappa shape index (κ1) is 15.3. The van der Waals surface area contributed by atoms with Gasteiger partial charge < -0.3 is 10.2 Å². The molecule has 0 amide bonds. The van der Waals surface area contributed by atoms with E-state index in [2.05, 4.69) is 15.1 Å². The Kier molecular flexibility index (Phi) is 3.64. The lowest BCUT2D eigenvalue weighted by molar-refractivity contribution is 0.151. The van der Waals surface area contributed by atoms with Gasteiger partial charge in [0.2, 0.25) is 5.95 Å². The maximum Gasteiger partial charge on any atom is 0.263 e. The molecule has 0 saturated heterocycles. The summed E-state index contributed by atoms with van der Waals surface area (Å²) in [5, 5.41) is 5.03. The van der Waals surface area contributed by atoms with E-state index in [9.17, 15) is 8.78 Å². The van der Waals surface area contributed by atoms with E-state index in [4.69, 9.17) is 10.2 Å². The molecule has 0 aliphatic rings. The maximum atomic E-state index is 12.7. The van der Waals surface area contributed by atoms with E-state index in [1.807, 2.05) is 0 Å². The highest BCUT2D eigenvalue weighted by atomic mass is 19.3. The SMILES string of the molecule is Nc1nc(-c2ccco2)c2cnn(Cc3ccc(C(F)F)cc3)c2n1. The van der Waals surface area contributed by atoms with Crippen LogP contribution < -0.4 is 5.73 Å². The van der Waals surface area contributed by atoms with Crippen molar-refractivity contribution in [2.45, 2.75) is 13.0 Å². The fraction of sp³-hybridized carbons (Fsp3) is 0.118. The van der Waals surface area contributed by atoms with Gasteiger partial charge in [-0.05, 0) is 17.7 Å². The number of aromatic nitrogens is 4. The summed E-state index contributed by atoms with van der Waals surface area (Å²) in [6.45, 7) is 0.376. The van der Waals surface area contributed by atoms with Crippen LogP contribution in [0.5, 0.6) is 0 Å². The number of nitrogen functional groups attached to an aromatic ring is 1. The lowest BCUT2D eigenvalue weighted by Gasteiger charge is -2.06. The Morgan fingerprint density at radius 1 is 1.12 bits per heavy atom. The molecule has 0 fully saturated rings. The molecule has 2 N–H and O–H groups in total. The monoisotopic (exact) mass is 341 g/mol. The third-order valence-electron chi connectivity index (χ3n) is 3.83. The van der Waals surface area contributed by atoms with Gasteiger partial charge >= 0.3 is 0 Å². The molecule has 0 saturated carbocycles. The zero-order valence-electron chi connectivity index (χ0n) is 12.9. The molecule has 4 aromatic rings. The van der Waals surface area contributed by atoms with Crippen LogP contribution in [0.1, 0.15) is 17.6 Å². The van der Waals surface area contributed by atoms with E-state index in [1.54, 1.807) is 41.4 Å². The summed E-state index contributed by atoms with van der Waals surface area (Å²) in [7, 11) is 0. The van der Waals surface area contributed by atoms with Gasteiger partial charge in [0, 0.05) is 5.56 Å². The van der Waals surface area contributed by atoms with Gasteiger partial charge in [0.15, 0.2) is 11.4 Å². The topological polar surface area (TPSA) is 82.8 Å². The number of nitrogens with zero attached hydrogens (tertiary/aromatic N) is 4. The van der Waals surface area contributed by atoms with Crippen molar-refractivity contribution in [1.29, 1.82) is 0 Å². The van der Waals surface area contributed by atoms with Crippen molar-refractivity contribution < 1.29 is 13.2 Å². The molecule has 0 spiro atoms. The normalized spacial score (nSPS) is 11.5. The number of halogens is 2. The summed E-state index contributed by atoms with van der Waals surface area (Å²) in [5.74, 6) is 0.675. The number of anilines is 1. The summed E-state index contributed by atoms with van der Waals surface area (Å²) in [6.07, 6.45) is 0.706. The second kappa shape index (κ2) is 5.97. The summed E-state index contributed by atoms with van der Waals surface area (Å²) in [4.78, 5) is 8.48. The summed E-state index contributed by atoms with van der Waals surface area (Å²) < 4.78 is 32.3. The Bertz CT molecular complexity index is 1010. The number of fused-ring (bicyclic) bond motifs is 1. The van der Waals surface area contributed by atoms with E-state index in [0.717, 1.165) is 5.56 Å². The van der Waals surface area contributed by atoms with Gasteiger partial charge in [-0.3, -0.25) is 0 Å². The highest BCUT2D eigenvalue weighted by Gasteiger charge is 2.15. The third kappa shape index (κ3) is 2.82. The van der Waals surface area contributed by atoms with E-state index in [0.29, 0.717) is 29.0 Å². The van der Waals surface area contributed by atoms with Gasteiger partial charge in [-0.2, -0.15) is 10.1 Å². The first-order valence-corrected chi connectivity index (χ1v) is 7.52. The Labute approximate surface area is 140 Å². The van der Waals surface area contributed by atoms with Gasteiger partial charge in [-0.15, -0.1) is 0 Å². The van der Waals surface area contributed by atoms with Crippen molar-refractivity contribution in [3.63, 3.8) is 0 Å². The van der Waals surface area contributed by atoms with E-state index < -0.39 is 6.43 Å². The fourth-order valence-corrected chi connectivity index (χ4v) is 2.63. The van der Waals surface area contributed by atoms with E-state index in [-0.39, 0.29) is 11.5 Å². The Morgan fingerprint density at radius 2 is 1.92 bits per heavy atom. The molecule has 0 aliphatic heterocycles. The smallest absolute Gasteiger partial charge is 0.263 e. The standard InChI is InChI=1S/C17H13F2N5O/c18-15(19)11-5-3-10(4-6-11)9-24-16-12(8-21-24)14(22-17(20)23-16)13-2-1-7-25-13/h1-8,15H,9H2,(H2,20,22,23). The van der Waals surface area contributed by atoms with Crippen LogP contribution in [0.2, 0.25) is 0 Å². The molecular weight excluding hydrogens is 328 g/mol. The third-order valence-corrected chi connectivity index (χ3v) is 3.83. The molecule has 1 aromatic carbocycles. The number of benzene rings is 1. The average Bonchev–Trinajstić information content (AvgIpc) is 3.25. The number of hydrogen-bond acceptors (Lipinski definition) is 5. The molecule has 25 heavy (non-hydrogen) atoms. The molecule has 3 aromatic heterocycles. The zero-order valence-corrected chi connectivity index (χ0v) is 12.9. The second-order valence-electron chi connectivity index (χ2n) is 5.49. The van der Waals surface area contributed by atoms with Crippen LogP contribution >= 0.6 is 0 Å². The van der Waals surface area contributed by atoms with Crippen molar-refractivity contribution in [2.75, 3.05) is 5.73 Å². The number of furan rings is 1. The quantitative estimate of drug-likeness (QED) is 0.612. The lowest BCUT2D eigenvalue weighted by atomic mass is 10.1. The minimum absolute atomic E-state index is 0.0132. The molecule has 126 valence electrons. The van der Waals surface area contributed by atoms with Gasteiger partial charge in [0.05, 0.1) is 24.4 Å². The molecular formula is C17H13F2N5O. The van der Waals surface area contributed by atoms with Crippen molar-refractivity contribution in [2.24, 2.45) is 0 Å². The van der Waals surface area contributed by atoms with Crippen molar-refractivity contribution in [3.05, 3.63) is 60.0 Å². The second-order valence-corrected chi connectivity index (χ2v) is 5.49. The Morgan fingerprint density at radius 3 is 2.60 bits per heavy atom. The fourth-order valence-electron chi connectivity index (χ4n) is 2.63. The molecule has 0 aliphatic carbocycles. The van der Waals surface area contributed by atoms with Gasteiger partial charge in [0.1, 0.15) is 5.69 Å². The van der Waals surface area contributed by atoms with Crippen LogP contribution in [0.15, 0.2) is 53.3 Å². The predicted molar refractivity (Wildman–Crippen MR) is 87.9 cm³/mol. The highest BCUT2D eigenvalue weighted by molar-refractivity contribution is 5.89. The summed E-state index contributed by atoms with van der Waals surface area (Å²) in [6, 6.07) is 9.64. The first-order valence-electron chi connectivity index (χ1n) is 7.52. The molecule has 0 bridgehead atoms. The van der Waals surface area contributed by atoms with Crippen LogP contribution in [0.3, 0.4) is 0 Å². The van der Waals surface area contributed by atoms with Crippen LogP contribution in [0.4, 0.5) is 14.7 Å². The lowest BCUT2D eigenvalue weighted by Crippen LogP contribution is -2.05. The van der Waals surface area contributed by atoms with Crippen molar-refractivity contribution in [3.8, 4) is 11.5 Å². The largest absolute Gasteiger partial charge is 0.463 e. The maximum absolute atomic E-state index is 12.7. The first-order chi connectivity index (χ1) is 12.1. The zero-order chi connectivity index (χ0) is 17.4. The number of rotatable bonds is 4. The summed E-state index contributed by atoms with van der Waals surface area (Å²) >= 11 is 0. The van der Waals surface area contributed by atoms with Crippen molar-refractivity contribution in [1.82, 2.24) is 19.7 Å². The van der Waals surface area contributed by atoms with Crippen LogP contribution in [-0.4, -0.2) is 19.7 Å². The molecule has 3 heterocycles. The van der Waals surface area contributed by atoms with E-state index in [1.165, 1.54) is 12.1 Å².